The van der Waals surface area contributed by atoms with Gasteiger partial charge in [0.2, 0.25) is 0 Å². The number of esters is 1. The van der Waals surface area contributed by atoms with Crippen LogP contribution in [0.2, 0.25) is 0 Å². The van der Waals surface area contributed by atoms with Crippen molar-refractivity contribution in [3.8, 4) is 0 Å². The lowest BCUT2D eigenvalue weighted by Crippen LogP contribution is -2.12. The van der Waals surface area contributed by atoms with Crippen molar-refractivity contribution in [2.45, 2.75) is 97.3 Å². The summed E-state index contributed by atoms with van der Waals surface area (Å²) in [6.45, 7) is 7.06. The third kappa shape index (κ3) is 21.3. The standard InChI is InChI=1S/C21H42O4/c1-3-5-6-7-8-9-10-11-12-13-14-16-23-17-18-24-19-20-25-21(22)15-4-2/h3-20H2,1-2H3. The highest BCUT2D eigenvalue weighted by Gasteiger charge is 1.99. The Morgan fingerprint density at radius 3 is 1.60 bits per heavy atom. The Bertz CT molecular complexity index is 269. The lowest BCUT2D eigenvalue weighted by molar-refractivity contribution is -0.145. The summed E-state index contributed by atoms with van der Waals surface area (Å²) >= 11 is 0. The fourth-order valence-electron chi connectivity index (χ4n) is 2.68. The van der Waals surface area contributed by atoms with Gasteiger partial charge in [-0.25, -0.2) is 0 Å². The molecule has 150 valence electrons. The van der Waals surface area contributed by atoms with Crippen molar-refractivity contribution < 1.29 is 19.0 Å². The highest BCUT2D eigenvalue weighted by Crippen LogP contribution is 2.11. The molecule has 0 N–H and O–H groups in total. The van der Waals surface area contributed by atoms with Crippen molar-refractivity contribution in [3.63, 3.8) is 0 Å². The smallest absolute Gasteiger partial charge is 0.305 e. The molecule has 0 aliphatic rings. The number of unbranched alkanes of at least 4 members (excludes halogenated alkanes) is 10. The van der Waals surface area contributed by atoms with Crippen molar-refractivity contribution in [2.75, 3.05) is 33.0 Å². The first-order valence-electron chi connectivity index (χ1n) is 10.6. The summed E-state index contributed by atoms with van der Waals surface area (Å²) in [5.41, 5.74) is 0. The molecule has 0 bridgehead atoms. The molecule has 0 fully saturated rings. The molecule has 0 aromatic rings. The number of rotatable bonds is 20. The number of carbonyl (C=O) groups is 1. The average molecular weight is 359 g/mol. The summed E-state index contributed by atoms with van der Waals surface area (Å²) in [6, 6.07) is 0. The molecule has 0 aliphatic carbocycles. The number of carbonyl (C=O) groups excluding carboxylic acids is 1. The SMILES string of the molecule is CCCCCCCCCCCCCOCCOCCOC(=O)CCC. The lowest BCUT2D eigenvalue weighted by atomic mass is 10.1. The number of hydrogen-bond donors (Lipinski definition) is 0. The third-order valence-corrected chi connectivity index (χ3v) is 4.21. The van der Waals surface area contributed by atoms with Gasteiger partial charge in [0.25, 0.3) is 0 Å². The van der Waals surface area contributed by atoms with Crippen molar-refractivity contribution in [1.29, 1.82) is 0 Å². The molecule has 0 rings (SSSR count). The zero-order valence-electron chi connectivity index (χ0n) is 16.9. The van der Waals surface area contributed by atoms with E-state index in [-0.39, 0.29) is 5.97 Å². The number of ether oxygens (including phenoxy) is 3. The molecular formula is C21H42O4. The van der Waals surface area contributed by atoms with Crippen LogP contribution in [-0.2, 0) is 19.0 Å². The van der Waals surface area contributed by atoms with Crippen molar-refractivity contribution in [2.24, 2.45) is 0 Å². The van der Waals surface area contributed by atoms with E-state index in [0.29, 0.717) is 32.8 Å². The van der Waals surface area contributed by atoms with Gasteiger partial charge in [-0.3, -0.25) is 4.79 Å². The minimum atomic E-state index is -0.140. The largest absolute Gasteiger partial charge is 0.463 e. The summed E-state index contributed by atoms with van der Waals surface area (Å²) in [5.74, 6) is -0.140. The maximum atomic E-state index is 11.1. The van der Waals surface area contributed by atoms with Crippen LogP contribution in [0.15, 0.2) is 0 Å². The van der Waals surface area contributed by atoms with E-state index >= 15 is 0 Å². The Hall–Kier alpha value is -0.610. The van der Waals surface area contributed by atoms with Crippen LogP contribution in [0.25, 0.3) is 0 Å². The molecule has 0 saturated carbocycles. The van der Waals surface area contributed by atoms with E-state index in [1.54, 1.807) is 0 Å². The van der Waals surface area contributed by atoms with Crippen LogP contribution in [0.4, 0.5) is 0 Å². The molecule has 0 atom stereocenters. The van der Waals surface area contributed by atoms with E-state index in [1.165, 1.54) is 64.2 Å². The highest BCUT2D eigenvalue weighted by molar-refractivity contribution is 5.69. The molecule has 0 heterocycles. The summed E-state index contributed by atoms with van der Waals surface area (Å²) in [4.78, 5) is 11.1. The average Bonchev–Trinajstić information content (AvgIpc) is 2.61. The predicted octanol–water partition coefficient (Wildman–Crippen LogP) is 5.67. The zero-order chi connectivity index (χ0) is 18.4. The van der Waals surface area contributed by atoms with E-state index in [9.17, 15) is 4.79 Å². The molecule has 0 spiro atoms. The summed E-state index contributed by atoms with van der Waals surface area (Å²) in [7, 11) is 0. The van der Waals surface area contributed by atoms with Gasteiger partial charge in [0.1, 0.15) is 6.61 Å². The predicted molar refractivity (Wildman–Crippen MR) is 104 cm³/mol. The van der Waals surface area contributed by atoms with Crippen LogP contribution in [0, 0.1) is 0 Å². The maximum absolute atomic E-state index is 11.1. The van der Waals surface area contributed by atoms with E-state index in [2.05, 4.69) is 6.92 Å². The quantitative estimate of drug-likeness (QED) is 0.208. The first kappa shape index (κ1) is 24.4. The molecule has 0 saturated heterocycles. The molecule has 0 aromatic heterocycles. The molecule has 4 heteroatoms. The van der Waals surface area contributed by atoms with Gasteiger partial charge in [-0.1, -0.05) is 78.1 Å². The van der Waals surface area contributed by atoms with Gasteiger partial charge in [0.05, 0.1) is 19.8 Å². The van der Waals surface area contributed by atoms with Gasteiger partial charge in [-0.05, 0) is 12.8 Å². The van der Waals surface area contributed by atoms with Gasteiger partial charge in [0.15, 0.2) is 0 Å². The van der Waals surface area contributed by atoms with Gasteiger partial charge in [-0.15, -0.1) is 0 Å². The van der Waals surface area contributed by atoms with E-state index in [0.717, 1.165) is 19.4 Å². The van der Waals surface area contributed by atoms with E-state index < -0.39 is 0 Å². The Morgan fingerprint density at radius 2 is 1.04 bits per heavy atom. The Labute approximate surface area is 156 Å². The van der Waals surface area contributed by atoms with Crippen molar-refractivity contribution in [1.82, 2.24) is 0 Å². The maximum Gasteiger partial charge on any atom is 0.305 e. The van der Waals surface area contributed by atoms with Gasteiger partial charge in [0, 0.05) is 13.0 Å². The van der Waals surface area contributed by atoms with Crippen molar-refractivity contribution in [3.05, 3.63) is 0 Å². The van der Waals surface area contributed by atoms with Crippen LogP contribution in [-0.4, -0.2) is 39.0 Å². The van der Waals surface area contributed by atoms with E-state index in [4.69, 9.17) is 14.2 Å². The summed E-state index contributed by atoms with van der Waals surface area (Å²) in [5, 5.41) is 0. The molecule has 0 aromatic carbocycles. The Balaban J connectivity index is 3.02. The van der Waals surface area contributed by atoms with Crippen LogP contribution < -0.4 is 0 Å². The van der Waals surface area contributed by atoms with Crippen LogP contribution >= 0.6 is 0 Å². The Morgan fingerprint density at radius 1 is 0.560 bits per heavy atom. The van der Waals surface area contributed by atoms with Gasteiger partial charge < -0.3 is 14.2 Å². The molecule has 0 aliphatic heterocycles. The minimum Gasteiger partial charge on any atom is -0.463 e. The van der Waals surface area contributed by atoms with Crippen LogP contribution in [0.1, 0.15) is 97.3 Å². The van der Waals surface area contributed by atoms with Crippen LogP contribution in [0.3, 0.4) is 0 Å². The highest BCUT2D eigenvalue weighted by atomic mass is 16.6. The van der Waals surface area contributed by atoms with Gasteiger partial charge in [-0.2, -0.15) is 0 Å². The monoisotopic (exact) mass is 358 g/mol. The molecule has 0 unspecified atom stereocenters. The normalized spacial score (nSPS) is 11.0. The Kier molecular flexibility index (Phi) is 20.9. The second kappa shape index (κ2) is 21.4. The summed E-state index contributed by atoms with van der Waals surface area (Å²) < 4.78 is 15.9. The second-order valence-electron chi connectivity index (χ2n) is 6.73. The topological polar surface area (TPSA) is 44.8 Å². The summed E-state index contributed by atoms with van der Waals surface area (Å²) in [6.07, 6.45) is 16.2. The first-order chi connectivity index (χ1) is 12.3. The zero-order valence-corrected chi connectivity index (χ0v) is 16.9. The fourth-order valence-corrected chi connectivity index (χ4v) is 2.68. The third-order valence-electron chi connectivity index (χ3n) is 4.21. The van der Waals surface area contributed by atoms with Crippen molar-refractivity contribution >= 4 is 5.97 Å². The fraction of sp³-hybridized carbons (Fsp3) is 0.952. The molecule has 0 amide bonds. The minimum absolute atomic E-state index is 0.140. The van der Waals surface area contributed by atoms with Crippen LogP contribution in [0.5, 0.6) is 0 Å². The van der Waals surface area contributed by atoms with Gasteiger partial charge >= 0.3 is 5.97 Å². The van der Waals surface area contributed by atoms with E-state index in [1.807, 2.05) is 6.92 Å². The molecule has 0 radical (unpaired) electrons. The molecule has 4 nitrogen and oxygen atoms in total. The molecule has 25 heavy (non-hydrogen) atoms. The number of hydrogen-bond acceptors (Lipinski definition) is 4. The lowest BCUT2D eigenvalue weighted by Gasteiger charge is -2.07. The second-order valence-corrected chi connectivity index (χ2v) is 6.73. The first-order valence-corrected chi connectivity index (χ1v) is 10.6. The molecular weight excluding hydrogens is 316 g/mol.